The summed E-state index contributed by atoms with van der Waals surface area (Å²) in [7, 11) is 1.76. The monoisotopic (exact) mass is 568 g/mol. The van der Waals surface area contributed by atoms with Gasteiger partial charge >= 0.3 is 0 Å². The largest absolute Gasteiger partial charge is 0.491 e. The van der Waals surface area contributed by atoms with E-state index in [-0.39, 0.29) is 17.6 Å². The van der Waals surface area contributed by atoms with Crippen LogP contribution in [0.15, 0.2) is 54.8 Å². The average Bonchev–Trinajstić information content (AvgIpc) is 3.70. The van der Waals surface area contributed by atoms with Crippen molar-refractivity contribution in [1.82, 2.24) is 24.8 Å². The standard InChI is InChI=1S/C32H36N6O2S/c1-20(2)40-26-12-10-25(11-13-26)38-22(4)36-29-28-27(38)14-16-35-31(28)41-30(29)21(3)34-15-6-7-17-37(5)32(39)24(19-33)18-23-8-9-23/h10-14,16,18,20,23,34,36H,3-4,6-9,15,17H2,1-2,5H3/b24-18+. The minimum atomic E-state index is -0.190. The molecular weight excluding hydrogens is 532 g/mol. The number of allylic oxidation sites excluding steroid dienone is 1. The van der Waals surface area contributed by atoms with Gasteiger partial charge in [-0.05, 0) is 75.8 Å². The van der Waals surface area contributed by atoms with Gasteiger partial charge in [0.2, 0.25) is 0 Å². The predicted molar refractivity (Wildman–Crippen MR) is 166 cm³/mol. The average molecular weight is 569 g/mol. The zero-order valence-electron chi connectivity index (χ0n) is 23.9. The van der Waals surface area contributed by atoms with E-state index in [9.17, 15) is 10.1 Å². The summed E-state index contributed by atoms with van der Waals surface area (Å²) in [5, 5.41) is 13.8. The van der Waals surface area contributed by atoms with Crippen molar-refractivity contribution in [2.24, 2.45) is 5.92 Å². The second-order valence-corrected chi connectivity index (χ2v) is 11.8. The van der Waals surface area contributed by atoms with Gasteiger partial charge in [0.25, 0.3) is 5.91 Å². The van der Waals surface area contributed by atoms with Gasteiger partial charge in [0.15, 0.2) is 0 Å². The van der Waals surface area contributed by atoms with Crippen molar-refractivity contribution in [3.05, 3.63) is 65.1 Å². The zero-order chi connectivity index (χ0) is 29.1. The van der Waals surface area contributed by atoms with Crippen molar-refractivity contribution in [1.29, 1.82) is 5.26 Å². The minimum absolute atomic E-state index is 0.114. The number of likely N-dealkylation sites (N-methyl/N-ethyl adjacent to an activating group) is 1. The quantitative estimate of drug-likeness (QED) is 0.130. The third kappa shape index (κ3) is 6.23. The summed E-state index contributed by atoms with van der Waals surface area (Å²) >= 11 is 1.59. The van der Waals surface area contributed by atoms with E-state index in [0.29, 0.717) is 12.5 Å². The Morgan fingerprint density at radius 2 is 2.07 bits per heavy atom. The molecule has 3 heterocycles. The van der Waals surface area contributed by atoms with E-state index in [0.717, 1.165) is 81.0 Å². The summed E-state index contributed by atoms with van der Waals surface area (Å²) in [5.74, 6) is 1.04. The first-order chi connectivity index (χ1) is 19.8. The number of carbonyl (C=O) groups excluding carboxylic acids is 1. The maximum absolute atomic E-state index is 12.6. The van der Waals surface area contributed by atoms with E-state index >= 15 is 0 Å². The lowest BCUT2D eigenvalue weighted by molar-refractivity contribution is -0.125. The first-order valence-electron chi connectivity index (χ1n) is 14.0. The lowest BCUT2D eigenvalue weighted by Crippen LogP contribution is -2.29. The van der Waals surface area contributed by atoms with Crippen LogP contribution in [0.3, 0.4) is 0 Å². The molecule has 1 aliphatic carbocycles. The minimum Gasteiger partial charge on any atom is -0.491 e. The SMILES string of the molecule is C=C(NCCCCN(C)C(=O)/C(C#N)=C/C1CC1)c1sc2nccc3c2c1[nH]c(=C)n3-c1ccc(OC(C)C)cc1. The molecule has 8 nitrogen and oxygen atoms in total. The lowest BCUT2D eigenvalue weighted by atomic mass is 10.2. The number of H-pyrrole nitrogens is 1. The molecule has 0 aliphatic heterocycles. The van der Waals surface area contributed by atoms with Gasteiger partial charge < -0.3 is 19.9 Å². The van der Waals surface area contributed by atoms with Crippen molar-refractivity contribution in [3.8, 4) is 17.5 Å². The van der Waals surface area contributed by atoms with Crippen LogP contribution in [0.25, 0.3) is 39.2 Å². The number of carbonyl (C=O) groups is 1. The Balaban J connectivity index is 1.26. The summed E-state index contributed by atoms with van der Waals surface area (Å²) < 4.78 is 7.91. The Morgan fingerprint density at radius 1 is 1.32 bits per heavy atom. The molecule has 0 atom stereocenters. The van der Waals surface area contributed by atoms with Crippen LogP contribution >= 0.6 is 11.3 Å². The highest BCUT2D eigenvalue weighted by Gasteiger charge is 2.23. The lowest BCUT2D eigenvalue weighted by Gasteiger charge is -2.17. The molecule has 1 aliphatic rings. The number of nitrogens with zero attached hydrogens (tertiary/aromatic N) is 4. The van der Waals surface area contributed by atoms with Gasteiger partial charge in [0, 0.05) is 37.7 Å². The number of nitrogens with one attached hydrogen (secondary N) is 2. The highest BCUT2D eigenvalue weighted by molar-refractivity contribution is 7.20. The highest BCUT2D eigenvalue weighted by Crippen LogP contribution is 2.36. The number of unbranched alkanes of at least 4 members (excludes halogenated alkanes) is 1. The van der Waals surface area contributed by atoms with E-state index in [1.807, 2.05) is 56.5 Å². The van der Waals surface area contributed by atoms with E-state index in [1.165, 1.54) is 0 Å². The number of pyridine rings is 1. The number of hydrogen-bond acceptors (Lipinski definition) is 6. The fraction of sp³-hybridized carbons (Fsp3) is 0.344. The van der Waals surface area contributed by atoms with Gasteiger partial charge in [-0.2, -0.15) is 5.26 Å². The molecule has 3 aromatic heterocycles. The van der Waals surface area contributed by atoms with Crippen molar-refractivity contribution in [3.63, 3.8) is 0 Å². The van der Waals surface area contributed by atoms with Gasteiger partial charge in [-0.15, -0.1) is 11.3 Å². The van der Waals surface area contributed by atoms with E-state index in [1.54, 1.807) is 23.3 Å². The number of amides is 1. The molecule has 0 bridgehead atoms. The Labute approximate surface area is 244 Å². The summed E-state index contributed by atoms with van der Waals surface area (Å²) in [6.07, 6.45) is 7.58. The Kier molecular flexibility index (Phi) is 8.31. The number of hydrogen-bond donors (Lipinski definition) is 2. The van der Waals surface area contributed by atoms with Crippen molar-refractivity contribution >= 4 is 50.8 Å². The first-order valence-corrected chi connectivity index (χ1v) is 14.8. The maximum atomic E-state index is 12.6. The van der Waals surface area contributed by atoms with Gasteiger partial charge in [-0.1, -0.05) is 19.2 Å². The van der Waals surface area contributed by atoms with E-state index < -0.39 is 0 Å². The van der Waals surface area contributed by atoms with E-state index in [4.69, 9.17) is 4.74 Å². The Bertz CT molecular complexity index is 1710. The Morgan fingerprint density at radius 3 is 2.76 bits per heavy atom. The number of aromatic amines is 1. The molecule has 1 amide bonds. The topological polar surface area (TPSA) is 99.0 Å². The molecule has 4 aromatic rings. The molecule has 0 radical (unpaired) electrons. The van der Waals surface area contributed by atoms with Crippen molar-refractivity contribution in [2.45, 2.75) is 45.6 Å². The smallest absolute Gasteiger partial charge is 0.263 e. The number of ether oxygens (including phenoxy) is 1. The van der Waals surface area contributed by atoms with E-state index in [2.05, 4.69) is 39.1 Å². The van der Waals surface area contributed by atoms with Gasteiger partial charge in [0.05, 0.1) is 27.4 Å². The first kappa shape index (κ1) is 28.2. The molecule has 0 spiro atoms. The second-order valence-electron chi connectivity index (χ2n) is 10.8. The van der Waals surface area contributed by atoms with Crippen molar-refractivity contribution in [2.75, 3.05) is 20.1 Å². The third-order valence-corrected chi connectivity index (χ3v) is 8.23. The molecule has 41 heavy (non-hydrogen) atoms. The summed E-state index contributed by atoms with van der Waals surface area (Å²) in [5.41, 5.74) is 4.79. The van der Waals surface area contributed by atoms with Gasteiger partial charge in [-0.25, -0.2) is 4.98 Å². The van der Waals surface area contributed by atoms with Crippen LogP contribution in [0.5, 0.6) is 5.75 Å². The molecule has 1 aromatic carbocycles. The second kappa shape index (κ2) is 12.1. The molecule has 5 rings (SSSR count). The normalized spacial score (nSPS) is 13.5. The number of nitriles is 1. The fourth-order valence-electron chi connectivity index (χ4n) is 4.87. The molecule has 1 fully saturated rings. The van der Waals surface area contributed by atoms with Crippen LogP contribution in [0.4, 0.5) is 0 Å². The van der Waals surface area contributed by atoms with Crippen LogP contribution in [-0.4, -0.2) is 51.6 Å². The summed E-state index contributed by atoms with van der Waals surface area (Å²) in [4.78, 5) is 24.3. The molecular formula is C32H36N6O2S. The van der Waals surface area contributed by atoms with Crippen LogP contribution in [0, 0.1) is 17.2 Å². The Hall–Kier alpha value is -4.29. The van der Waals surface area contributed by atoms with Crippen LogP contribution in [-0.2, 0) is 4.79 Å². The fourth-order valence-corrected chi connectivity index (χ4v) is 5.93. The van der Waals surface area contributed by atoms with Crippen LogP contribution in [0.1, 0.15) is 44.4 Å². The molecule has 0 saturated heterocycles. The maximum Gasteiger partial charge on any atom is 0.263 e. The number of rotatable bonds is 12. The molecule has 1 saturated carbocycles. The van der Waals surface area contributed by atoms with Crippen molar-refractivity contribution < 1.29 is 9.53 Å². The molecule has 212 valence electrons. The molecule has 2 N–H and O–H groups in total. The highest BCUT2D eigenvalue weighted by atomic mass is 32.1. The summed E-state index contributed by atoms with van der Waals surface area (Å²) in [6.45, 7) is 14.0. The predicted octanol–water partition coefficient (Wildman–Crippen LogP) is 5.71. The van der Waals surface area contributed by atoms with Gasteiger partial charge in [0.1, 0.15) is 27.7 Å². The van der Waals surface area contributed by atoms with Gasteiger partial charge in [-0.3, -0.25) is 9.36 Å². The summed E-state index contributed by atoms with van der Waals surface area (Å²) in [6, 6.07) is 12.1. The molecule has 9 heteroatoms. The van der Waals surface area contributed by atoms with Crippen LogP contribution < -0.4 is 15.5 Å². The number of aromatic nitrogens is 3. The molecule has 0 unspecified atom stereocenters. The van der Waals surface area contributed by atoms with Crippen LogP contribution in [0.2, 0.25) is 0 Å². The third-order valence-electron chi connectivity index (χ3n) is 7.07. The number of thiophene rings is 1. The number of benzene rings is 1. The zero-order valence-corrected chi connectivity index (χ0v) is 24.7.